The van der Waals surface area contributed by atoms with Crippen LogP contribution in [0.3, 0.4) is 0 Å². The SMILES string of the molecule is NCCCCOC1([SiH3])CCCCO1. The van der Waals surface area contributed by atoms with Gasteiger partial charge in [-0.15, -0.1) is 0 Å². The average molecular weight is 203 g/mol. The lowest BCUT2D eigenvalue weighted by molar-refractivity contribution is -0.198. The van der Waals surface area contributed by atoms with Crippen molar-refractivity contribution in [3.63, 3.8) is 0 Å². The first kappa shape index (κ1) is 11.2. The first-order valence-electron chi connectivity index (χ1n) is 5.25. The number of nitrogens with two attached hydrogens (primary N) is 1. The molecule has 1 rings (SSSR count). The molecule has 0 aromatic rings. The summed E-state index contributed by atoms with van der Waals surface area (Å²) >= 11 is 0. The van der Waals surface area contributed by atoms with Gasteiger partial charge in [-0.05, 0) is 38.6 Å². The van der Waals surface area contributed by atoms with Crippen molar-refractivity contribution in [2.45, 2.75) is 37.5 Å². The summed E-state index contributed by atoms with van der Waals surface area (Å²) in [6.45, 7) is 2.44. The molecule has 2 N–H and O–H groups in total. The van der Waals surface area contributed by atoms with Gasteiger partial charge in [-0.25, -0.2) is 0 Å². The maximum atomic E-state index is 5.76. The van der Waals surface area contributed by atoms with Gasteiger partial charge in [-0.3, -0.25) is 0 Å². The lowest BCUT2D eigenvalue weighted by Crippen LogP contribution is -2.40. The van der Waals surface area contributed by atoms with Crippen LogP contribution in [0.1, 0.15) is 32.1 Å². The average Bonchev–Trinajstić information content (AvgIpc) is 2.14. The molecule has 1 heterocycles. The van der Waals surface area contributed by atoms with Gasteiger partial charge in [0.2, 0.25) is 0 Å². The lowest BCUT2D eigenvalue weighted by Gasteiger charge is -2.34. The van der Waals surface area contributed by atoms with Crippen molar-refractivity contribution in [2.75, 3.05) is 19.8 Å². The number of hydrogen-bond acceptors (Lipinski definition) is 3. The molecule has 3 nitrogen and oxygen atoms in total. The van der Waals surface area contributed by atoms with Crippen LogP contribution in [-0.2, 0) is 9.47 Å². The summed E-state index contributed by atoms with van der Waals surface area (Å²) in [7, 11) is 0.973. The van der Waals surface area contributed by atoms with Crippen molar-refractivity contribution >= 4 is 10.2 Å². The van der Waals surface area contributed by atoms with Gasteiger partial charge in [-0.1, -0.05) is 0 Å². The second kappa shape index (κ2) is 5.75. The largest absolute Gasteiger partial charge is 0.355 e. The van der Waals surface area contributed by atoms with Crippen molar-refractivity contribution in [3.8, 4) is 0 Å². The predicted molar refractivity (Wildman–Crippen MR) is 56.7 cm³/mol. The highest BCUT2D eigenvalue weighted by Gasteiger charge is 2.27. The fourth-order valence-corrected chi connectivity index (χ4v) is 2.32. The summed E-state index contributed by atoms with van der Waals surface area (Å²) in [6.07, 6.45) is 5.64. The number of hydrogen-bond donors (Lipinski definition) is 1. The molecule has 78 valence electrons. The van der Waals surface area contributed by atoms with Crippen LogP contribution in [0.5, 0.6) is 0 Å². The van der Waals surface area contributed by atoms with E-state index in [0.717, 1.165) is 49.3 Å². The van der Waals surface area contributed by atoms with Gasteiger partial charge in [0.25, 0.3) is 0 Å². The van der Waals surface area contributed by atoms with Crippen molar-refractivity contribution < 1.29 is 9.47 Å². The molecule has 1 aliphatic heterocycles. The van der Waals surface area contributed by atoms with Crippen LogP contribution in [0.25, 0.3) is 0 Å². The van der Waals surface area contributed by atoms with Crippen LogP contribution in [0.4, 0.5) is 0 Å². The fraction of sp³-hybridized carbons (Fsp3) is 1.00. The normalized spacial score (nSPS) is 29.3. The number of rotatable bonds is 5. The van der Waals surface area contributed by atoms with Gasteiger partial charge in [-0.2, -0.15) is 0 Å². The van der Waals surface area contributed by atoms with E-state index in [-0.39, 0.29) is 5.41 Å². The Hall–Kier alpha value is 0.0969. The van der Waals surface area contributed by atoms with Crippen molar-refractivity contribution in [2.24, 2.45) is 5.73 Å². The zero-order chi connectivity index (χ0) is 9.57. The Balaban J connectivity index is 2.10. The summed E-state index contributed by atoms with van der Waals surface area (Å²) in [6, 6.07) is 0. The molecule has 1 atom stereocenters. The van der Waals surface area contributed by atoms with Crippen LogP contribution in [0, 0.1) is 0 Å². The quantitative estimate of drug-likeness (QED) is 0.504. The van der Waals surface area contributed by atoms with Gasteiger partial charge < -0.3 is 15.2 Å². The molecule has 0 bridgehead atoms. The van der Waals surface area contributed by atoms with Gasteiger partial charge in [0, 0.05) is 13.2 Å². The summed E-state index contributed by atoms with van der Waals surface area (Å²) in [5.74, 6) is 0. The molecule has 1 aliphatic rings. The van der Waals surface area contributed by atoms with E-state index in [4.69, 9.17) is 15.2 Å². The molecule has 0 spiro atoms. The highest BCUT2D eigenvalue weighted by Crippen LogP contribution is 2.22. The summed E-state index contributed by atoms with van der Waals surface area (Å²) in [5, 5.41) is 0. The fourth-order valence-electron chi connectivity index (χ4n) is 1.56. The van der Waals surface area contributed by atoms with E-state index in [1.165, 1.54) is 12.8 Å². The molecule has 0 radical (unpaired) electrons. The van der Waals surface area contributed by atoms with Gasteiger partial charge in [0.05, 0.1) is 10.2 Å². The number of ether oxygens (including phenoxy) is 2. The highest BCUT2D eigenvalue weighted by atomic mass is 28.1. The van der Waals surface area contributed by atoms with E-state index in [9.17, 15) is 0 Å². The Labute approximate surface area is 83.4 Å². The van der Waals surface area contributed by atoms with Crippen molar-refractivity contribution in [3.05, 3.63) is 0 Å². The Morgan fingerprint density at radius 2 is 2.23 bits per heavy atom. The molecule has 1 saturated heterocycles. The topological polar surface area (TPSA) is 44.5 Å². The lowest BCUT2D eigenvalue weighted by atomic mass is 10.2. The Morgan fingerprint density at radius 3 is 2.85 bits per heavy atom. The summed E-state index contributed by atoms with van der Waals surface area (Å²) in [4.78, 5) is 0. The van der Waals surface area contributed by atoms with E-state index in [2.05, 4.69) is 0 Å². The van der Waals surface area contributed by atoms with Gasteiger partial charge >= 0.3 is 0 Å². The molecule has 0 saturated carbocycles. The van der Waals surface area contributed by atoms with E-state index in [1.54, 1.807) is 0 Å². The maximum absolute atomic E-state index is 5.76. The third kappa shape index (κ3) is 4.22. The second-order valence-electron chi connectivity index (χ2n) is 3.78. The first-order chi connectivity index (χ1) is 6.27. The van der Waals surface area contributed by atoms with Crippen molar-refractivity contribution in [1.29, 1.82) is 0 Å². The zero-order valence-electron chi connectivity index (χ0n) is 8.55. The summed E-state index contributed by atoms with van der Waals surface area (Å²) < 4.78 is 11.4. The monoisotopic (exact) mass is 203 g/mol. The van der Waals surface area contributed by atoms with E-state index < -0.39 is 0 Å². The van der Waals surface area contributed by atoms with E-state index >= 15 is 0 Å². The van der Waals surface area contributed by atoms with Crippen LogP contribution in [0.2, 0.25) is 0 Å². The Bertz CT molecular complexity index is 138. The van der Waals surface area contributed by atoms with Crippen molar-refractivity contribution in [1.82, 2.24) is 0 Å². The minimum Gasteiger partial charge on any atom is -0.355 e. The molecular weight excluding hydrogens is 182 g/mol. The molecular formula is C9H21NO2Si. The third-order valence-corrected chi connectivity index (χ3v) is 3.52. The van der Waals surface area contributed by atoms with E-state index in [0.29, 0.717) is 0 Å². The third-order valence-electron chi connectivity index (χ3n) is 2.44. The molecule has 1 unspecified atom stereocenters. The second-order valence-corrected chi connectivity index (χ2v) is 5.31. The minimum absolute atomic E-state index is 0.174. The van der Waals surface area contributed by atoms with Crippen LogP contribution in [0.15, 0.2) is 0 Å². The zero-order valence-corrected chi connectivity index (χ0v) is 10.6. The molecule has 13 heavy (non-hydrogen) atoms. The highest BCUT2D eigenvalue weighted by molar-refractivity contribution is 6.13. The minimum atomic E-state index is -0.174. The maximum Gasteiger partial charge on any atom is 0.141 e. The molecule has 0 aliphatic carbocycles. The predicted octanol–water partition coefficient (Wildman–Crippen LogP) is -0.0384. The van der Waals surface area contributed by atoms with Gasteiger partial charge in [0.15, 0.2) is 0 Å². The van der Waals surface area contributed by atoms with Gasteiger partial charge in [0.1, 0.15) is 5.41 Å². The molecule has 0 amide bonds. The van der Waals surface area contributed by atoms with Crippen LogP contribution < -0.4 is 5.73 Å². The molecule has 0 aromatic carbocycles. The Kier molecular flexibility index (Phi) is 4.94. The molecule has 1 fully saturated rings. The Morgan fingerprint density at radius 1 is 1.38 bits per heavy atom. The number of unbranched alkanes of at least 4 members (excludes halogenated alkanes) is 1. The first-order valence-corrected chi connectivity index (χ1v) is 6.25. The van der Waals surface area contributed by atoms with Crippen LogP contribution >= 0.6 is 0 Å². The summed E-state index contributed by atoms with van der Waals surface area (Å²) in [5.41, 5.74) is 5.23. The van der Waals surface area contributed by atoms with Crippen LogP contribution in [-0.4, -0.2) is 35.4 Å². The van der Waals surface area contributed by atoms with E-state index in [1.807, 2.05) is 0 Å². The smallest absolute Gasteiger partial charge is 0.141 e. The molecule has 0 aromatic heterocycles. The molecule has 4 heteroatoms. The standard InChI is InChI=1S/C9H21NO2Si/c10-6-2-4-8-12-9(13)5-1-3-7-11-9/h1-8,10H2,13H3.